The number of carbonyl (C=O) groups is 1. The Morgan fingerprint density at radius 2 is 1.83 bits per heavy atom. The van der Waals surface area contributed by atoms with Crippen LogP contribution in [-0.2, 0) is 4.79 Å². The topological polar surface area (TPSA) is 32.3 Å². The highest BCUT2D eigenvalue weighted by Crippen LogP contribution is 2.59. The molecule has 1 N–H and O–H groups in total. The number of hydrogen-bond donors (Lipinski definition) is 1. The van der Waals surface area contributed by atoms with Crippen LogP contribution in [0, 0.1) is 11.3 Å². The summed E-state index contributed by atoms with van der Waals surface area (Å²) >= 11 is 0. The highest BCUT2D eigenvalue weighted by atomic mass is 16.2. The Labute approximate surface area is 110 Å². The highest BCUT2D eigenvalue weighted by Gasteiger charge is 2.58. The van der Waals surface area contributed by atoms with Crippen LogP contribution in [0.25, 0.3) is 0 Å². The van der Waals surface area contributed by atoms with E-state index in [-0.39, 0.29) is 0 Å². The molecule has 1 spiro atoms. The first-order valence-electron chi connectivity index (χ1n) is 7.70. The zero-order chi connectivity index (χ0) is 12.6. The van der Waals surface area contributed by atoms with Gasteiger partial charge >= 0.3 is 0 Å². The molecule has 1 atom stereocenters. The lowest BCUT2D eigenvalue weighted by Gasteiger charge is -2.32. The molecule has 3 aliphatic rings. The molecule has 2 aliphatic carbocycles. The van der Waals surface area contributed by atoms with Gasteiger partial charge in [-0.3, -0.25) is 4.79 Å². The van der Waals surface area contributed by atoms with Crippen LogP contribution in [0.2, 0.25) is 0 Å². The maximum Gasteiger partial charge on any atom is 0.226 e. The van der Waals surface area contributed by atoms with Crippen molar-refractivity contribution in [1.82, 2.24) is 10.2 Å². The zero-order valence-electron chi connectivity index (χ0n) is 11.6. The van der Waals surface area contributed by atoms with Crippen LogP contribution in [0.4, 0.5) is 0 Å². The lowest BCUT2D eigenvalue weighted by Crippen LogP contribution is -2.41. The molecular weight excluding hydrogens is 224 g/mol. The van der Waals surface area contributed by atoms with Crippen molar-refractivity contribution in [2.24, 2.45) is 11.3 Å². The third-order valence-corrected chi connectivity index (χ3v) is 5.56. The van der Waals surface area contributed by atoms with Gasteiger partial charge in [-0.15, -0.1) is 0 Å². The molecule has 0 aromatic rings. The van der Waals surface area contributed by atoms with Gasteiger partial charge in [-0.2, -0.15) is 0 Å². The molecule has 1 heterocycles. The quantitative estimate of drug-likeness (QED) is 0.814. The molecule has 1 amide bonds. The summed E-state index contributed by atoms with van der Waals surface area (Å²) < 4.78 is 0. The van der Waals surface area contributed by atoms with Gasteiger partial charge in [0, 0.05) is 19.0 Å². The maximum atomic E-state index is 12.6. The van der Waals surface area contributed by atoms with Crippen LogP contribution in [0.5, 0.6) is 0 Å². The van der Waals surface area contributed by atoms with E-state index in [4.69, 9.17) is 0 Å². The molecule has 3 heteroatoms. The fourth-order valence-electron chi connectivity index (χ4n) is 4.07. The molecular formula is C15H26N2O. The second-order valence-electron chi connectivity index (χ2n) is 6.61. The zero-order valence-corrected chi connectivity index (χ0v) is 11.6. The average molecular weight is 250 g/mol. The van der Waals surface area contributed by atoms with Gasteiger partial charge in [-0.05, 0) is 50.6 Å². The first kappa shape index (κ1) is 12.5. The molecule has 1 unspecified atom stereocenters. The van der Waals surface area contributed by atoms with Crippen LogP contribution in [-0.4, -0.2) is 37.0 Å². The minimum absolute atomic E-state index is 0.353. The molecule has 0 aromatic heterocycles. The number of amides is 1. The van der Waals surface area contributed by atoms with Gasteiger partial charge < -0.3 is 10.2 Å². The summed E-state index contributed by atoms with van der Waals surface area (Å²) in [5.74, 6) is 0.801. The summed E-state index contributed by atoms with van der Waals surface area (Å²) in [6.45, 7) is 2.22. The third-order valence-electron chi connectivity index (χ3n) is 5.56. The highest BCUT2D eigenvalue weighted by molar-refractivity contribution is 5.82. The predicted molar refractivity (Wildman–Crippen MR) is 72.3 cm³/mol. The summed E-state index contributed by atoms with van der Waals surface area (Å²) in [6.07, 6.45) is 10.0. The Morgan fingerprint density at radius 3 is 2.50 bits per heavy atom. The summed E-state index contributed by atoms with van der Waals surface area (Å²) in [5.41, 5.74) is 0.394. The van der Waals surface area contributed by atoms with Crippen LogP contribution in [0.15, 0.2) is 0 Å². The van der Waals surface area contributed by atoms with Crippen molar-refractivity contribution in [2.75, 3.05) is 20.1 Å². The monoisotopic (exact) mass is 250 g/mol. The Kier molecular flexibility index (Phi) is 3.35. The molecule has 1 aliphatic heterocycles. The molecule has 102 valence electrons. The molecule has 0 bridgehead atoms. The van der Waals surface area contributed by atoms with E-state index in [1.54, 1.807) is 0 Å². The van der Waals surface area contributed by atoms with Gasteiger partial charge in [0.15, 0.2) is 0 Å². The number of piperidine rings is 1. The molecule has 1 saturated heterocycles. The smallest absolute Gasteiger partial charge is 0.226 e. The van der Waals surface area contributed by atoms with Crippen LogP contribution in [0.1, 0.15) is 51.4 Å². The number of rotatable bonds is 2. The van der Waals surface area contributed by atoms with Gasteiger partial charge in [-0.25, -0.2) is 0 Å². The fourth-order valence-corrected chi connectivity index (χ4v) is 4.07. The van der Waals surface area contributed by atoms with E-state index in [1.807, 2.05) is 7.05 Å². The first-order chi connectivity index (χ1) is 8.73. The van der Waals surface area contributed by atoms with E-state index < -0.39 is 0 Å². The van der Waals surface area contributed by atoms with Gasteiger partial charge in [0.25, 0.3) is 0 Å². The van der Waals surface area contributed by atoms with E-state index in [2.05, 4.69) is 10.2 Å². The number of carbonyl (C=O) groups excluding carboxylic acids is 1. The fraction of sp³-hybridized carbons (Fsp3) is 0.933. The van der Waals surface area contributed by atoms with E-state index in [0.29, 0.717) is 23.3 Å². The van der Waals surface area contributed by atoms with E-state index >= 15 is 0 Å². The lowest BCUT2D eigenvalue weighted by atomic mass is 9.90. The summed E-state index contributed by atoms with van der Waals surface area (Å²) in [4.78, 5) is 14.7. The maximum absolute atomic E-state index is 12.6. The van der Waals surface area contributed by atoms with Gasteiger partial charge in [-0.1, -0.05) is 19.3 Å². The van der Waals surface area contributed by atoms with Crippen molar-refractivity contribution in [3.63, 3.8) is 0 Å². The molecule has 2 saturated carbocycles. The molecule has 3 nitrogen and oxygen atoms in total. The molecule has 0 aromatic carbocycles. The largest absolute Gasteiger partial charge is 0.343 e. The van der Waals surface area contributed by atoms with Crippen LogP contribution in [0.3, 0.4) is 0 Å². The second-order valence-corrected chi connectivity index (χ2v) is 6.61. The van der Waals surface area contributed by atoms with Gasteiger partial charge in [0.05, 0.1) is 0 Å². The average Bonchev–Trinajstić information content (AvgIpc) is 3.12. The van der Waals surface area contributed by atoms with E-state index in [9.17, 15) is 4.79 Å². The van der Waals surface area contributed by atoms with Crippen molar-refractivity contribution in [1.29, 1.82) is 0 Å². The second kappa shape index (κ2) is 4.84. The normalized spacial score (nSPS) is 31.3. The SMILES string of the molecule is CN(C(=O)C1CC12CCNCC2)C1CCCCC1. The minimum atomic E-state index is 0.353. The van der Waals surface area contributed by atoms with Crippen LogP contribution < -0.4 is 5.32 Å². The van der Waals surface area contributed by atoms with Crippen LogP contribution >= 0.6 is 0 Å². The van der Waals surface area contributed by atoms with Gasteiger partial charge in [0.2, 0.25) is 5.91 Å². The van der Waals surface area contributed by atoms with Crippen molar-refractivity contribution in [2.45, 2.75) is 57.4 Å². The predicted octanol–water partition coefficient (Wildman–Crippen LogP) is 2.17. The summed E-state index contributed by atoms with van der Waals surface area (Å²) in [5, 5.41) is 3.41. The van der Waals surface area contributed by atoms with Gasteiger partial charge in [0.1, 0.15) is 0 Å². The van der Waals surface area contributed by atoms with E-state index in [1.165, 1.54) is 44.9 Å². The first-order valence-corrected chi connectivity index (χ1v) is 7.70. The van der Waals surface area contributed by atoms with Crippen molar-refractivity contribution in [3.05, 3.63) is 0 Å². The molecule has 0 radical (unpaired) electrons. The van der Waals surface area contributed by atoms with Crippen molar-refractivity contribution >= 4 is 5.91 Å². The Morgan fingerprint density at radius 1 is 1.17 bits per heavy atom. The third kappa shape index (κ3) is 2.18. The summed E-state index contributed by atoms with van der Waals surface area (Å²) in [6, 6.07) is 0.533. The minimum Gasteiger partial charge on any atom is -0.343 e. The number of nitrogens with one attached hydrogen (secondary N) is 1. The molecule has 18 heavy (non-hydrogen) atoms. The Balaban J connectivity index is 1.58. The standard InChI is InChI=1S/C15H26N2O/c1-17(12-5-3-2-4-6-12)14(18)13-11-15(13)7-9-16-10-8-15/h12-13,16H,2-11H2,1H3. The summed E-state index contributed by atoms with van der Waals surface area (Å²) in [7, 11) is 2.05. The molecule has 3 fully saturated rings. The molecule has 3 rings (SSSR count). The number of nitrogens with zero attached hydrogens (tertiary/aromatic N) is 1. The van der Waals surface area contributed by atoms with E-state index in [0.717, 1.165) is 19.5 Å². The van der Waals surface area contributed by atoms with Crippen molar-refractivity contribution in [3.8, 4) is 0 Å². The Hall–Kier alpha value is -0.570. The van der Waals surface area contributed by atoms with Crippen molar-refractivity contribution < 1.29 is 4.79 Å². The number of hydrogen-bond acceptors (Lipinski definition) is 2. The Bertz CT molecular complexity index is 312. The lowest BCUT2D eigenvalue weighted by molar-refractivity contribution is -0.135.